The van der Waals surface area contributed by atoms with Crippen molar-refractivity contribution in [2.24, 2.45) is 0 Å². The van der Waals surface area contributed by atoms with Crippen LogP contribution in [-0.2, 0) is 20.8 Å². The minimum atomic E-state index is -0.314. The van der Waals surface area contributed by atoms with Crippen molar-refractivity contribution in [3.63, 3.8) is 0 Å². The summed E-state index contributed by atoms with van der Waals surface area (Å²) in [4.78, 5) is 11.0. The number of nitrogens with one attached hydrogen (secondary N) is 1. The van der Waals surface area contributed by atoms with Crippen LogP contribution in [0.15, 0.2) is 28.7 Å². The van der Waals surface area contributed by atoms with Gasteiger partial charge in [0.25, 0.3) is 0 Å². The summed E-state index contributed by atoms with van der Waals surface area (Å²) in [5.41, 5.74) is 1.21. The molecule has 0 heterocycles. The topological polar surface area (TPSA) is 47.6 Å². The predicted octanol–water partition coefficient (Wildman–Crippen LogP) is 2.12. The van der Waals surface area contributed by atoms with Crippen LogP contribution in [0.3, 0.4) is 0 Å². The maximum atomic E-state index is 11.0. The molecule has 0 radical (unpaired) electrons. The fourth-order valence-electron chi connectivity index (χ4n) is 1.34. The first kappa shape index (κ1) is 15.1. The number of hydrogen-bond donors (Lipinski definition) is 1. The highest BCUT2D eigenvalue weighted by molar-refractivity contribution is 9.10. The number of hydrogen-bond acceptors (Lipinski definition) is 4. The lowest BCUT2D eigenvalue weighted by Crippen LogP contribution is -2.21. The minimum absolute atomic E-state index is 0.0216. The Bertz CT molecular complexity index is 354. The zero-order valence-electron chi connectivity index (χ0n) is 10.4. The lowest BCUT2D eigenvalue weighted by atomic mass is 10.2. The summed E-state index contributed by atoms with van der Waals surface area (Å²) < 4.78 is 11.0. The van der Waals surface area contributed by atoms with Crippen LogP contribution < -0.4 is 5.32 Å². The van der Waals surface area contributed by atoms with Gasteiger partial charge < -0.3 is 14.8 Å². The molecule has 0 aliphatic heterocycles. The molecule has 0 amide bonds. The maximum absolute atomic E-state index is 11.0. The van der Waals surface area contributed by atoms with Crippen molar-refractivity contribution in [1.29, 1.82) is 0 Å². The Hall–Kier alpha value is -0.910. The zero-order valence-corrected chi connectivity index (χ0v) is 12.0. The summed E-state index contributed by atoms with van der Waals surface area (Å²) in [7, 11) is 0. The average Bonchev–Trinajstić information content (AvgIpc) is 2.36. The van der Waals surface area contributed by atoms with Crippen molar-refractivity contribution in [3.8, 4) is 0 Å². The summed E-state index contributed by atoms with van der Waals surface area (Å²) in [6, 6.07) is 8.12. The van der Waals surface area contributed by atoms with Gasteiger partial charge in [0.1, 0.15) is 6.61 Å². The third-order valence-corrected chi connectivity index (χ3v) is 2.72. The van der Waals surface area contributed by atoms with Crippen molar-refractivity contribution in [1.82, 2.24) is 5.32 Å². The molecule has 0 aliphatic rings. The molecule has 0 unspecified atom stereocenters. The van der Waals surface area contributed by atoms with E-state index in [0.717, 1.165) is 11.0 Å². The van der Waals surface area contributed by atoms with Crippen molar-refractivity contribution >= 4 is 21.9 Å². The zero-order chi connectivity index (χ0) is 13.2. The van der Waals surface area contributed by atoms with Gasteiger partial charge in [0.2, 0.25) is 0 Å². The quantitative estimate of drug-likeness (QED) is 0.589. The largest absolute Gasteiger partial charge is 0.464 e. The Kier molecular flexibility index (Phi) is 7.64. The number of rotatable bonds is 8. The number of esters is 1. The van der Waals surface area contributed by atoms with Gasteiger partial charge in [-0.2, -0.15) is 0 Å². The van der Waals surface area contributed by atoms with E-state index in [0.29, 0.717) is 19.8 Å². The van der Waals surface area contributed by atoms with Crippen LogP contribution in [0.4, 0.5) is 0 Å². The highest BCUT2D eigenvalue weighted by Crippen LogP contribution is 2.09. The summed E-state index contributed by atoms with van der Waals surface area (Å²) in [5, 5.41) is 3.23. The highest BCUT2D eigenvalue weighted by Gasteiger charge is 2.00. The van der Waals surface area contributed by atoms with Crippen LogP contribution in [0.5, 0.6) is 0 Å². The molecule has 1 aromatic carbocycles. The summed E-state index contributed by atoms with van der Waals surface area (Å²) in [6.07, 6.45) is 0. The third-order valence-electron chi connectivity index (χ3n) is 2.19. The smallest absolute Gasteiger partial charge is 0.332 e. The molecule has 0 atom stereocenters. The van der Waals surface area contributed by atoms with Gasteiger partial charge in [-0.25, -0.2) is 4.79 Å². The van der Waals surface area contributed by atoms with Gasteiger partial charge >= 0.3 is 5.97 Å². The predicted molar refractivity (Wildman–Crippen MR) is 73.3 cm³/mol. The van der Waals surface area contributed by atoms with E-state index in [4.69, 9.17) is 9.47 Å². The van der Waals surface area contributed by atoms with Gasteiger partial charge in [-0.05, 0) is 24.6 Å². The fourth-order valence-corrected chi connectivity index (χ4v) is 1.60. The first-order chi connectivity index (χ1) is 8.72. The molecular formula is C13H18BrNO3. The molecule has 18 heavy (non-hydrogen) atoms. The van der Waals surface area contributed by atoms with E-state index in [1.165, 1.54) is 5.56 Å². The van der Waals surface area contributed by atoms with Gasteiger partial charge in [-0.3, -0.25) is 0 Å². The van der Waals surface area contributed by atoms with E-state index in [2.05, 4.69) is 33.4 Å². The third kappa shape index (κ3) is 6.74. The van der Waals surface area contributed by atoms with E-state index in [9.17, 15) is 4.79 Å². The van der Waals surface area contributed by atoms with Crippen molar-refractivity contribution < 1.29 is 14.3 Å². The molecular weight excluding hydrogens is 298 g/mol. The van der Waals surface area contributed by atoms with Gasteiger partial charge in [0, 0.05) is 17.6 Å². The molecule has 0 aromatic heterocycles. The first-order valence-corrected chi connectivity index (χ1v) is 6.70. The molecule has 0 saturated carbocycles. The van der Waals surface area contributed by atoms with Gasteiger partial charge in [-0.15, -0.1) is 0 Å². The lowest BCUT2D eigenvalue weighted by molar-refractivity contribution is -0.148. The monoisotopic (exact) mass is 315 g/mol. The molecule has 0 fully saturated rings. The first-order valence-electron chi connectivity index (χ1n) is 5.91. The molecule has 0 bridgehead atoms. The number of ether oxygens (including phenoxy) is 2. The van der Waals surface area contributed by atoms with Crippen LogP contribution in [0, 0.1) is 0 Å². The molecule has 0 saturated heterocycles. The van der Waals surface area contributed by atoms with E-state index < -0.39 is 0 Å². The average molecular weight is 316 g/mol. The molecule has 1 N–H and O–H groups in total. The molecule has 0 spiro atoms. The van der Waals surface area contributed by atoms with Crippen molar-refractivity contribution in [2.45, 2.75) is 13.5 Å². The second kappa shape index (κ2) is 9.08. The Balaban J connectivity index is 2.02. The minimum Gasteiger partial charge on any atom is -0.464 e. The van der Waals surface area contributed by atoms with Crippen LogP contribution in [0.25, 0.3) is 0 Å². The summed E-state index contributed by atoms with van der Waals surface area (Å²) >= 11 is 3.39. The number of carbonyl (C=O) groups excluding carboxylic acids is 1. The van der Waals surface area contributed by atoms with Crippen LogP contribution >= 0.6 is 15.9 Å². The number of halogens is 1. The molecule has 100 valence electrons. The van der Waals surface area contributed by atoms with Gasteiger partial charge in [0.15, 0.2) is 0 Å². The van der Waals surface area contributed by atoms with Crippen LogP contribution in [0.1, 0.15) is 12.5 Å². The van der Waals surface area contributed by atoms with E-state index in [1.807, 2.05) is 12.1 Å². The SMILES string of the molecule is CCOC(=O)COCCNCc1ccc(Br)cc1. The second-order valence-corrected chi connectivity index (χ2v) is 4.58. The second-order valence-electron chi connectivity index (χ2n) is 3.66. The van der Waals surface area contributed by atoms with Crippen molar-refractivity contribution in [3.05, 3.63) is 34.3 Å². The standard InChI is InChI=1S/C13H18BrNO3/c1-2-18-13(16)10-17-8-7-15-9-11-3-5-12(14)6-4-11/h3-6,15H,2,7-10H2,1H3. The number of carbonyl (C=O) groups is 1. The maximum Gasteiger partial charge on any atom is 0.332 e. The molecule has 5 heteroatoms. The summed E-state index contributed by atoms with van der Waals surface area (Å²) in [5.74, 6) is -0.314. The van der Waals surface area contributed by atoms with Crippen LogP contribution in [0.2, 0.25) is 0 Å². The Morgan fingerprint density at radius 3 is 2.72 bits per heavy atom. The number of benzene rings is 1. The molecule has 4 nitrogen and oxygen atoms in total. The Labute approximate surface area is 116 Å². The fraction of sp³-hybridized carbons (Fsp3) is 0.462. The molecule has 0 aliphatic carbocycles. The van der Waals surface area contributed by atoms with E-state index in [-0.39, 0.29) is 12.6 Å². The lowest BCUT2D eigenvalue weighted by Gasteiger charge is -2.06. The Morgan fingerprint density at radius 1 is 1.33 bits per heavy atom. The molecule has 1 rings (SSSR count). The van der Waals surface area contributed by atoms with E-state index in [1.54, 1.807) is 6.92 Å². The van der Waals surface area contributed by atoms with Gasteiger partial charge in [-0.1, -0.05) is 28.1 Å². The summed E-state index contributed by atoms with van der Waals surface area (Å²) in [6.45, 7) is 4.18. The van der Waals surface area contributed by atoms with E-state index >= 15 is 0 Å². The highest BCUT2D eigenvalue weighted by atomic mass is 79.9. The normalized spacial score (nSPS) is 10.3. The Morgan fingerprint density at radius 2 is 2.06 bits per heavy atom. The van der Waals surface area contributed by atoms with Crippen molar-refractivity contribution in [2.75, 3.05) is 26.4 Å². The van der Waals surface area contributed by atoms with Crippen LogP contribution in [-0.4, -0.2) is 32.3 Å². The van der Waals surface area contributed by atoms with Gasteiger partial charge in [0.05, 0.1) is 13.2 Å². The molecule has 1 aromatic rings.